The van der Waals surface area contributed by atoms with E-state index in [2.05, 4.69) is 15.4 Å². The molecule has 0 atom stereocenters. The zero-order valence-electron chi connectivity index (χ0n) is 12.5. The summed E-state index contributed by atoms with van der Waals surface area (Å²) in [7, 11) is 1.18. The number of alkyl halides is 3. The Labute approximate surface area is 135 Å². The lowest BCUT2D eigenvalue weighted by Gasteiger charge is -2.15. The van der Waals surface area contributed by atoms with Gasteiger partial charge in [-0.2, -0.15) is 13.2 Å². The van der Waals surface area contributed by atoms with E-state index in [4.69, 9.17) is 0 Å². The van der Waals surface area contributed by atoms with Crippen LogP contribution < -0.4 is 10.6 Å². The van der Waals surface area contributed by atoms with Crippen LogP contribution in [-0.4, -0.2) is 19.1 Å². The number of nitrogens with one attached hydrogen (secondary N) is 2. The second kappa shape index (κ2) is 7.03. The Bertz CT molecular complexity index is 760. The fourth-order valence-corrected chi connectivity index (χ4v) is 2.00. The van der Waals surface area contributed by atoms with E-state index in [-0.39, 0.29) is 11.3 Å². The van der Waals surface area contributed by atoms with Gasteiger partial charge in [-0.15, -0.1) is 0 Å². The van der Waals surface area contributed by atoms with Crippen LogP contribution in [0.15, 0.2) is 48.5 Å². The van der Waals surface area contributed by atoms with E-state index in [0.29, 0.717) is 0 Å². The van der Waals surface area contributed by atoms with E-state index in [1.54, 1.807) is 12.1 Å². The summed E-state index contributed by atoms with van der Waals surface area (Å²) in [6.07, 6.45) is -4.60. The molecule has 0 spiro atoms. The van der Waals surface area contributed by atoms with E-state index in [0.717, 1.165) is 12.1 Å². The van der Waals surface area contributed by atoms with Crippen LogP contribution in [0.5, 0.6) is 0 Å². The standard InChI is InChI=1S/C16H13F3N2O3/c1-24-14(22)10-6-2-4-8-12(10)20-15(23)21-13-9-5-3-7-11(13)16(17,18)19/h2-9H,1H3,(H2,20,21,23). The van der Waals surface area contributed by atoms with Crippen molar-refractivity contribution in [3.63, 3.8) is 0 Å². The molecule has 0 saturated carbocycles. The second-order valence-electron chi connectivity index (χ2n) is 4.66. The molecule has 0 fully saturated rings. The van der Waals surface area contributed by atoms with E-state index in [9.17, 15) is 22.8 Å². The largest absolute Gasteiger partial charge is 0.465 e. The zero-order chi connectivity index (χ0) is 17.7. The molecule has 5 nitrogen and oxygen atoms in total. The number of carbonyl (C=O) groups excluding carboxylic acids is 2. The van der Waals surface area contributed by atoms with Crippen LogP contribution >= 0.6 is 0 Å². The first-order valence-corrected chi connectivity index (χ1v) is 6.74. The second-order valence-corrected chi connectivity index (χ2v) is 4.66. The van der Waals surface area contributed by atoms with Crippen molar-refractivity contribution >= 4 is 23.4 Å². The fourth-order valence-electron chi connectivity index (χ4n) is 2.00. The minimum absolute atomic E-state index is 0.0826. The first kappa shape index (κ1) is 17.3. The third-order valence-corrected chi connectivity index (χ3v) is 3.06. The van der Waals surface area contributed by atoms with Crippen molar-refractivity contribution in [3.8, 4) is 0 Å². The van der Waals surface area contributed by atoms with Gasteiger partial charge in [-0.05, 0) is 24.3 Å². The molecule has 24 heavy (non-hydrogen) atoms. The van der Waals surface area contributed by atoms with Crippen LogP contribution in [-0.2, 0) is 10.9 Å². The number of hydrogen-bond acceptors (Lipinski definition) is 3. The molecule has 0 aliphatic carbocycles. The number of esters is 1. The molecule has 2 aromatic carbocycles. The van der Waals surface area contributed by atoms with E-state index in [1.807, 2.05) is 0 Å². The molecule has 0 aliphatic rings. The molecule has 0 unspecified atom stereocenters. The number of para-hydroxylation sites is 2. The van der Waals surface area contributed by atoms with Gasteiger partial charge in [0.15, 0.2) is 0 Å². The quantitative estimate of drug-likeness (QED) is 0.827. The lowest BCUT2D eigenvalue weighted by molar-refractivity contribution is -0.136. The van der Waals surface area contributed by atoms with Crippen LogP contribution in [0.3, 0.4) is 0 Å². The predicted molar refractivity (Wildman–Crippen MR) is 81.9 cm³/mol. The lowest BCUT2D eigenvalue weighted by atomic mass is 10.1. The Morgan fingerprint density at radius 2 is 1.46 bits per heavy atom. The predicted octanol–water partition coefficient (Wildman–Crippen LogP) is 4.14. The minimum Gasteiger partial charge on any atom is -0.465 e. The topological polar surface area (TPSA) is 67.4 Å². The Kier molecular flexibility index (Phi) is 5.08. The van der Waals surface area contributed by atoms with E-state index < -0.39 is 29.4 Å². The van der Waals surface area contributed by atoms with Crippen molar-refractivity contribution in [2.75, 3.05) is 17.7 Å². The van der Waals surface area contributed by atoms with Gasteiger partial charge >= 0.3 is 18.2 Å². The smallest absolute Gasteiger partial charge is 0.418 e. The average Bonchev–Trinajstić information content (AvgIpc) is 2.54. The number of anilines is 2. The number of carbonyl (C=O) groups is 2. The Morgan fingerprint density at radius 3 is 2.08 bits per heavy atom. The maximum Gasteiger partial charge on any atom is 0.418 e. The van der Waals surface area contributed by atoms with Crippen LogP contribution in [0, 0.1) is 0 Å². The number of benzene rings is 2. The van der Waals surface area contributed by atoms with Gasteiger partial charge in [0.2, 0.25) is 0 Å². The molecular formula is C16H13F3N2O3. The van der Waals surface area contributed by atoms with Crippen LogP contribution in [0.2, 0.25) is 0 Å². The first-order chi connectivity index (χ1) is 11.3. The summed E-state index contributed by atoms with van der Waals surface area (Å²) in [4.78, 5) is 23.6. The van der Waals surface area contributed by atoms with Gasteiger partial charge in [0.1, 0.15) is 0 Å². The molecular weight excluding hydrogens is 325 g/mol. The molecule has 0 saturated heterocycles. The Balaban J connectivity index is 2.20. The highest BCUT2D eigenvalue weighted by atomic mass is 19.4. The number of amides is 2. The summed E-state index contributed by atoms with van der Waals surface area (Å²) in [6.45, 7) is 0. The van der Waals surface area contributed by atoms with Gasteiger partial charge in [-0.25, -0.2) is 9.59 Å². The maximum atomic E-state index is 12.9. The van der Waals surface area contributed by atoms with Crippen molar-refractivity contribution in [1.82, 2.24) is 0 Å². The van der Waals surface area contributed by atoms with E-state index >= 15 is 0 Å². The van der Waals surface area contributed by atoms with Crippen LogP contribution in [0.4, 0.5) is 29.3 Å². The number of rotatable bonds is 3. The van der Waals surface area contributed by atoms with Crippen molar-refractivity contribution in [2.45, 2.75) is 6.18 Å². The normalized spacial score (nSPS) is 10.8. The molecule has 2 rings (SSSR count). The number of ether oxygens (including phenoxy) is 1. The van der Waals surface area contributed by atoms with Gasteiger partial charge in [0.05, 0.1) is 29.6 Å². The lowest BCUT2D eigenvalue weighted by Crippen LogP contribution is -2.23. The SMILES string of the molecule is COC(=O)c1ccccc1NC(=O)Nc1ccccc1C(F)(F)F. The zero-order valence-corrected chi connectivity index (χ0v) is 12.5. The number of halogens is 3. The molecule has 2 amide bonds. The average molecular weight is 338 g/mol. The molecule has 8 heteroatoms. The Hall–Kier alpha value is -3.03. The van der Waals surface area contributed by atoms with Gasteiger partial charge in [0, 0.05) is 0 Å². The summed E-state index contributed by atoms with van der Waals surface area (Å²) in [5.74, 6) is -0.679. The maximum absolute atomic E-state index is 12.9. The third-order valence-electron chi connectivity index (χ3n) is 3.06. The fraction of sp³-hybridized carbons (Fsp3) is 0.125. The number of hydrogen-bond donors (Lipinski definition) is 2. The summed E-state index contributed by atoms with van der Waals surface area (Å²) in [6, 6.07) is 9.65. The van der Waals surface area contributed by atoms with Gasteiger partial charge in [-0.1, -0.05) is 24.3 Å². The number of urea groups is 1. The van der Waals surface area contributed by atoms with Crippen molar-refractivity contribution in [2.24, 2.45) is 0 Å². The molecule has 0 aliphatic heterocycles. The molecule has 2 N–H and O–H groups in total. The number of methoxy groups -OCH3 is 1. The van der Waals surface area contributed by atoms with Crippen molar-refractivity contribution in [1.29, 1.82) is 0 Å². The molecule has 0 aromatic heterocycles. The van der Waals surface area contributed by atoms with Gasteiger partial charge in [0.25, 0.3) is 0 Å². The highest BCUT2D eigenvalue weighted by Crippen LogP contribution is 2.34. The van der Waals surface area contributed by atoms with Gasteiger partial charge in [-0.3, -0.25) is 0 Å². The summed E-state index contributed by atoms with van der Waals surface area (Å²) in [5.41, 5.74) is -1.16. The Morgan fingerprint density at radius 1 is 0.917 bits per heavy atom. The molecule has 0 heterocycles. The summed E-state index contributed by atoms with van der Waals surface area (Å²) >= 11 is 0. The van der Waals surface area contributed by atoms with E-state index in [1.165, 1.54) is 31.4 Å². The molecule has 2 aromatic rings. The summed E-state index contributed by atoms with van der Waals surface area (Å²) in [5, 5.41) is 4.46. The van der Waals surface area contributed by atoms with Crippen molar-refractivity contribution < 1.29 is 27.5 Å². The monoisotopic (exact) mass is 338 g/mol. The first-order valence-electron chi connectivity index (χ1n) is 6.74. The van der Waals surface area contributed by atoms with Gasteiger partial charge < -0.3 is 15.4 Å². The third kappa shape index (κ3) is 4.03. The van der Waals surface area contributed by atoms with Crippen molar-refractivity contribution in [3.05, 3.63) is 59.7 Å². The summed E-state index contributed by atoms with van der Waals surface area (Å²) < 4.78 is 43.3. The highest BCUT2D eigenvalue weighted by molar-refractivity contribution is 6.05. The molecule has 0 radical (unpaired) electrons. The van der Waals surface area contributed by atoms with Crippen LogP contribution in [0.25, 0.3) is 0 Å². The highest BCUT2D eigenvalue weighted by Gasteiger charge is 2.33. The molecule has 0 bridgehead atoms. The minimum atomic E-state index is -4.60. The van der Waals surface area contributed by atoms with Crippen LogP contribution in [0.1, 0.15) is 15.9 Å². The molecule has 126 valence electrons.